The normalized spacial score (nSPS) is 19.2. The molecule has 1 aromatic carbocycles. The van der Waals surface area contributed by atoms with E-state index in [1.54, 1.807) is 6.20 Å². The highest BCUT2D eigenvalue weighted by atomic mass is 16.6. The second-order valence-corrected chi connectivity index (χ2v) is 7.23. The lowest BCUT2D eigenvalue weighted by Crippen LogP contribution is -2.34. The highest BCUT2D eigenvalue weighted by molar-refractivity contribution is 5.89. The number of H-pyrrole nitrogens is 1. The minimum atomic E-state index is -0.200. The fourth-order valence-corrected chi connectivity index (χ4v) is 3.91. The van der Waals surface area contributed by atoms with Gasteiger partial charge in [-0.2, -0.15) is 5.10 Å². The number of hydrogen-bond acceptors (Lipinski definition) is 5. The van der Waals surface area contributed by atoms with Crippen molar-refractivity contribution in [1.29, 1.82) is 0 Å². The molecule has 3 N–H and O–H groups in total. The predicted octanol–water partition coefficient (Wildman–Crippen LogP) is 2.70. The van der Waals surface area contributed by atoms with Gasteiger partial charge in [-0.15, -0.1) is 0 Å². The summed E-state index contributed by atoms with van der Waals surface area (Å²) in [5.74, 6) is 1.97. The van der Waals surface area contributed by atoms with E-state index in [0.717, 1.165) is 55.4 Å². The lowest BCUT2D eigenvalue weighted by atomic mass is 9.93. The van der Waals surface area contributed by atoms with Gasteiger partial charge in [0.05, 0.1) is 17.6 Å². The number of anilines is 1. The Bertz CT molecular complexity index is 822. The van der Waals surface area contributed by atoms with Crippen molar-refractivity contribution >= 4 is 11.7 Å². The first-order chi connectivity index (χ1) is 13.7. The third-order valence-corrected chi connectivity index (χ3v) is 5.18. The molecule has 0 unspecified atom stereocenters. The summed E-state index contributed by atoms with van der Waals surface area (Å²) < 4.78 is 11.3. The maximum absolute atomic E-state index is 11.9. The van der Waals surface area contributed by atoms with E-state index < -0.39 is 0 Å². The van der Waals surface area contributed by atoms with Crippen LogP contribution in [0.2, 0.25) is 0 Å². The van der Waals surface area contributed by atoms with Crippen molar-refractivity contribution in [1.82, 2.24) is 20.4 Å². The Morgan fingerprint density at radius 2 is 2.18 bits per heavy atom. The predicted molar refractivity (Wildman–Crippen MR) is 106 cm³/mol. The van der Waals surface area contributed by atoms with Gasteiger partial charge in [0.25, 0.3) is 0 Å². The summed E-state index contributed by atoms with van der Waals surface area (Å²) in [7, 11) is 0. The van der Waals surface area contributed by atoms with Crippen LogP contribution in [0.4, 0.5) is 10.5 Å². The van der Waals surface area contributed by atoms with Gasteiger partial charge >= 0.3 is 6.03 Å². The molecule has 1 saturated heterocycles. The van der Waals surface area contributed by atoms with Crippen LogP contribution < -0.4 is 20.1 Å². The van der Waals surface area contributed by atoms with Gasteiger partial charge in [-0.25, -0.2) is 4.79 Å². The molecule has 0 aliphatic carbocycles. The van der Waals surface area contributed by atoms with Gasteiger partial charge in [-0.1, -0.05) is 6.07 Å². The molecule has 0 bridgehead atoms. The molecular formula is C20H27N5O3. The third kappa shape index (κ3) is 4.22. The van der Waals surface area contributed by atoms with Gasteiger partial charge < -0.3 is 20.1 Å². The number of ether oxygens (including phenoxy) is 2. The lowest BCUT2D eigenvalue weighted by molar-refractivity contribution is 0.170. The molecule has 4 rings (SSSR count). The Morgan fingerprint density at radius 1 is 1.32 bits per heavy atom. The van der Waals surface area contributed by atoms with Crippen LogP contribution in [-0.4, -0.2) is 54.0 Å². The highest BCUT2D eigenvalue weighted by Gasteiger charge is 2.25. The van der Waals surface area contributed by atoms with E-state index >= 15 is 0 Å². The summed E-state index contributed by atoms with van der Waals surface area (Å²) in [6, 6.07) is 5.98. The van der Waals surface area contributed by atoms with Gasteiger partial charge in [-0.05, 0) is 44.0 Å². The molecule has 8 heteroatoms. The zero-order valence-corrected chi connectivity index (χ0v) is 16.2. The van der Waals surface area contributed by atoms with Crippen molar-refractivity contribution in [3.8, 4) is 11.5 Å². The van der Waals surface area contributed by atoms with Crippen LogP contribution in [-0.2, 0) is 6.54 Å². The van der Waals surface area contributed by atoms with E-state index in [2.05, 4.69) is 37.9 Å². The van der Waals surface area contributed by atoms with Crippen LogP contribution in [0.15, 0.2) is 24.4 Å². The zero-order valence-electron chi connectivity index (χ0n) is 16.2. The maximum atomic E-state index is 11.9. The number of amides is 2. The summed E-state index contributed by atoms with van der Waals surface area (Å²) >= 11 is 0. The Morgan fingerprint density at radius 3 is 3.04 bits per heavy atom. The molecule has 1 atom stereocenters. The van der Waals surface area contributed by atoms with Gasteiger partial charge in [0.15, 0.2) is 11.5 Å². The van der Waals surface area contributed by atoms with Crippen molar-refractivity contribution in [2.45, 2.75) is 32.2 Å². The molecule has 0 saturated carbocycles. The van der Waals surface area contributed by atoms with E-state index in [1.165, 1.54) is 5.56 Å². The Balaban J connectivity index is 1.41. The van der Waals surface area contributed by atoms with E-state index in [4.69, 9.17) is 9.47 Å². The minimum Gasteiger partial charge on any atom is -0.486 e. The molecular weight excluding hydrogens is 358 g/mol. The van der Waals surface area contributed by atoms with E-state index in [-0.39, 0.29) is 6.03 Å². The number of hydrogen-bond donors (Lipinski definition) is 3. The average molecular weight is 385 g/mol. The summed E-state index contributed by atoms with van der Waals surface area (Å²) in [6.07, 6.45) is 3.86. The van der Waals surface area contributed by atoms with Crippen LogP contribution in [0.1, 0.15) is 36.9 Å². The first-order valence-electron chi connectivity index (χ1n) is 9.92. The van der Waals surface area contributed by atoms with Gasteiger partial charge in [0, 0.05) is 25.6 Å². The monoisotopic (exact) mass is 385 g/mol. The molecule has 2 aliphatic rings. The second kappa shape index (κ2) is 8.52. The lowest BCUT2D eigenvalue weighted by Gasteiger charge is -2.33. The van der Waals surface area contributed by atoms with Crippen molar-refractivity contribution in [2.24, 2.45) is 0 Å². The van der Waals surface area contributed by atoms with Crippen LogP contribution in [0.3, 0.4) is 0 Å². The number of carbonyl (C=O) groups excluding carboxylic acids is 1. The molecule has 3 heterocycles. The number of benzene rings is 1. The van der Waals surface area contributed by atoms with Crippen molar-refractivity contribution in [2.75, 3.05) is 38.2 Å². The average Bonchev–Trinajstić information content (AvgIpc) is 3.16. The van der Waals surface area contributed by atoms with E-state index in [0.29, 0.717) is 25.7 Å². The van der Waals surface area contributed by atoms with Gasteiger partial charge in [-0.3, -0.25) is 10.00 Å². The number of aromatic nitrogens is 2. The first kappa shape index (κ1) is 18.6. The van der Waals surface area contributed by atoms with Gasteiger partial charge in [0.1, 0.15) is 13.2 Å². The van der Waals surface area contributed by atoms with Crippen molar-refractivity contribution in [3.05, 3.63) is 35.7 Å². The van der Waals surface area contributed by atoms with Crippen LogP contribution in [0.5, 0.6) is 11.5 Å². The number of nitrogens with zero attached hydrogens (tertiary/aromatic N) is 2. The summed E-state index contributed by atoms with van der Waals surface area (Å²) in [4.78, 5) is 14.3. The number of carbonyl (C=O) groups is 1. The number of fused-ring (bicyclic) bond motifs is 1. The number of likely N-dealkylation sites (tertiary alicyclic amines) is 1. The molecule has 0 radical (unpaired) electrons. The summed E-state index contributed by atoms with van der Waals surface area (Å²) in [5, 5.41) is 12.9. The van der Waals surface area contributed by atoms with Crippen LogP contribution >= 0.6 is 0 Å². The SMILES string of the molecule is CCNC(=O)Nc1cn[nH]c1[C@@H]1CCCN(Cc2ccc3c(c2)OCCO3)C1. The number of piperidine rings is 1. The molecule has 1 aromatic heterocycles. The van der Waals surface area contributed by atoms with Crippen molar-refractivity contribution in [3.63, 3.8) is 0 Å². The highest BCUT2D eigenvalue weighted by Crippen LogP contribution is 2.33. The fourth-order valence-electron chi connectivity index (χ4n) is 3.91. The zero-order chi connectivity index (χ0) is 19.3. The molecule has 0 spiro atoms. The Kier molecular flexibility index (Phi) is 5.66. The standard InChI is InChI=1S/C20H27N5O3/c1-2-21-20(26)23-16-11-22-24-19(16)15-4-3-7-25(13-15)12-14-5-6-17-18(10-14)28-9-8-27-17/h5-6,10-11,15H,2-4,7-9,12-13H2,1H3,(H,22,24)(H2,21,23,26)/t15-/m1/s1. The number of aromatic amines is 1. The molecule has 2 aromatic rings. The molecule has 1 fully saturated rings. The third-order valence-electron chi connectivity index (χ3n) is 5.18. The first-order valence-corrected chi connectivity index (χ1v) is 9.92. The Hall–Kier alpha value is -2.74. The minimum absolute atomic E-state index is 0.200. The molecule has 150 valence electrons. The molecule has 28 heavy (non-hydrogen) atoms. The molecule has 8 nitrogen and oxygen atoms in total. The smallest absolute Gasteiger partial charge is 0.319 e. The largest absolute Gasteiger partial charge is 0.486 e. The Labute approximate surface area is 164 Å². The second-order valence-electron chi connectivity index (χ2n) is 7.23. The maximum Gasteiger partial charge on any atom is 0.319 e. The fraction of sp³-hybridized carbons (Fsp3) is 0.500. The van der Waals surface area contributed by atoms with Crippen LogP contribution in [0, 0.1) is 0 Å². The number of nitrogens with one attached hydrogen (secondary N) is 3. The topological polar surface area (TPSA) is 91.5 Å². The molecule has 2 amide bonds. The van der Waals surface area contributed by atoms with Gasteiger partial charge in [0.2, 0.25) is 0 Å². The summed E-state index contributed by atoms with van der Waals surface area (Å²) in [5.41, 5.74) is 2.98. The van der Waals surface area contributed by atoms with Crippen molar-refractivity contribution < 1.29 is 14.3 Å². The van der Waals surface area contributed by atoms with E-state index in [9.17, 15) is 4.79 Å². The van der Waals surface area contributed by atoms with E-state index in [1.807, 2.05) is 13.0 Å². The van der Waals surface area contributed by atoms with Crippen LogP contribution in [0.25, 0.3) is 0 Å². The number of rotatable bonds is 5. The number of urea groups is 1. The summed E-state index contributed by atoms with van der Waals surface area (Å²) in [6.45, 7) is 6.53. The quantitative estimate of drug-likeness (QED) is 0.736. The molecule has 2 aliphatic heterocycles.